The van der Waals surface area contributed by atoms with E-state index in [9.17, 15) is 0 Å². The minimum absolute atomic E-state index is 0.0817. The van der Waals surface area contributed by atoms with Gasteiger partial charge in [0.2, 0.25) is 0 Å². The molecule has 0 bridgehead atoms. The van der Waals surface area contributed by atoms with Crippen LogP contribution in [0.15, 0.2) is 54.6 Å². The molecule has 0 spiro atoms. The van der Waals surface area contributed by atoms with E-state index in [-0.39, 0.29) is 11.1 Å². The number of fused-ring (bicyclic) bond motifs is 3. The van der Waals surface area contributed by atoms with Crippen molar-refractivity contribution < 1.29 is 4.74 Å². The van der Waals surface area contributed by atoms with Gasteiger partial charge in [-0.2, -0.15) is 0 Å². The lowest BCUT2D eigenvalue weighted by Crippen LogP contribution is -2.52. The molecule has 0 radical (unpaired) electrons. The molecular weight excluding hydrogens is 258 g/mol. The van der Waals surface area contributed by atoms with Crippen LogP contribution in [0.1, 0.15) is 31.4 Å². The summed E-state index contributed by atoms with van der Waals surface area (Å²) in [5.41, 5.74) is 3.92. The lowest BCUT2D eigenvalue weighted by Gasteiger charge is -2.41. The van der Waals surface area contributed by atoms with Gasteiger partial charge in [-0.1, -0.05) is 55.5 Å². The summed E-state index contributed by atoms with van der Waals surface area (Å²) in [6.45, 7) is 6.34. The molecule has 1 fully saturated rings. The van der Waals surface area contributed by atoms with E-state index >= 15 is 0 Å². The van der Waals surface area contributed by atoms with E-state index in [1.807, 2.05) is 0 Å². The Bertz CT molecular complexity index is 668. The summed E-state index contributed by atoms with van der Waals surface area (Å²) in [6.07, 6.45) is 1.09. The predicted molar refractivity (Wildman–Crippen MR) is 85.4 cm³/mol. The summed E-state index contributed by atoms with van der Waals surface area (Å²) >= 11 is 0. The molecule has 4 rings (SSSR count). The molecule has 1 saturated heterocycles. The SMILES string of the molecule is C[C@@]12CCO[C@]1(C)N(Cc1ccccc1)c1ccccc12. The molecular formula is C19H21NO. The van der Waals surface area contributed by atoms with Gasteiger partial charge in [-0.25, -0.2) is 0 Å². The smallest absolute Gasteiger partial charge is 0.148 e. The molecule has 2 heterocycles. The number of anilines is 1. The van der Waals surface area contributed by atoms with Gasteiger partial charge in [0.05, 0.1) is 6.61 Å². The zero-order valence-electron chi connectivity index (χ0n) is 12.7. The molecule has 21 heavy (non-hydrogen) atoms. The molecule has 2 aromatic carbocycles. The van der Waals surface area contributed by atoms with E-state index in [1.165, 1.54) is 16.8 Å². The summed E-state index contributed by atoms with van der Waals surface area (Å²) in [5, 5.41) is 0. The van der Waals surface area contributed by atoms with Gasteiger partial charge in [-0.05, 0) is 30.5 Å². The van der Waals surface area contributed by atoms with Crippen LogP contribution in [0.5, 0.6) is 0 Å². The Labute approximate surface area is 126 Å². The first-order valence-corrected chi connectivity index (χ1v) is 7.70. The highest BCUT2D eigenvalue weighted by Crippen LogP contribution is 2.57. The molecule has 0 amide bonds. The maximum Gasteiger partial charge on any atom is 0.148 e. The Morgan fingerprint density at radius 2 is 1.71 bits per heavy atom. The van der Waals surface area contributed by atoms with Gasteiger partial charge in [-0.3, -0.25) is 0 Å². The highest BCUT2D eigenvalue weighted by molar-refractivity contribution is 5.66. The number of ether oxygens (including phenoxy) is 1. The molecule has 2 heteroatoms. The van der Waals surface area contributed by atoms with Crippen molar-refractivity contribution in [2.75, 3.05) is 11.5 Å². The second kappa shape index (κ2) is 4.35. The van der Waals surface area contributed by atoms with Crippen molar-refractivity contribution in [2.45, 2.75) is 38.0 Å². The fourth-order valence-corrected chi connectivity index (χ4v) is 4.01. The van der Waals surface area contributed by atoms with Crippen LogP contribution >= 0.6 is 0 Å². The average molecular weight is 279 g/mol. The molecule has 0 N–H and O–H groups in total. The average Bonchev–Trinajstić information content (AvgIpc) is 2.91. The van der Waals surface area contributed by atoms with Crippen molar-refractivity contribution in [3.8, 4) is 0 Å². The van der Waals surface area contributed by atoms with Crippen LogP contribution < -0.4 is 4.90 Å². The van der Waals surface area contributed by atoms with Crippen LogP contribution in [0.4, 0.5) is 5.69 Å². The molecule has 2 atom stereocenters. The van der Waals surface area contributed by atoms with E-state index in [2.05, 4.69) is 73.3 Å². The van der Waals surface area contributed by atoms with E-state index in [0.717, 1.165) is 19.6 Å². The molecule has 108 valence electrons. The highest BCUT2D eigenvalue weighted by atomic mass is 16.5. The van der Waals surface area contributed by atoms with Crippen molar-refractivity contribution in [1.82, 2.24) is 0 Å². The molecule has 2 aromatic rings. The van der Waals surface area contributed by atoms with Gasteiger partial charge in [0.1, 0.15) is 5.72 Å². The van der Waals surface area contributed by atoms with Crippen molar-refractivity contribution >= 4 is 5.69 Å². The Hall–Kier alpha value is -1.80. The lowest BCUT2D eigenvalue weighted by molar-refractivity contribution is -0.00899. The fourth-order valence-electron chi connectivity index (χ4n) is 4.01. The molecule has 0 unspecified atom stereocenters. The van der Waals surface area contributed by atoms with Gasteiger partial charge in [0.25, 0.3) is 0 Å². The summed E-state index contributed by atoms with van der Waals surface area (Å²) in [6, 6.07) is 19.4. The maximum absolute atomic E-state index is 6.26. The lowest BCUT2D eigenvalue weighted by atomic mass is 9.76. The van der Waals surface area contributed by atoms with Gasteiger partial charge in [0.15, 0.2) is 0 Å². The normalized spacial score (nSPS) is 30.3. The van der Waals surface area contributed by atoms with Crippen molar-refractivity contribution in [3.05, 3.63) is 65.7 Å². The third-order valence-corrected chi connectivity index (χ3v) is 5.50. The zero-order valence-corrected chi connectivity index (χ0v) is 12.7. The van der Waals surface area contributed by atoms with Gasteiger partial charge in [-0.15, -0.1) is 0 Å². The van der Waals surface area contributed by atoms with Crippen molar-refractivity contribution in [2.24, 2.45) is 0 Å². The van der Waals surface area contributed by atoms with Crippen LogP contribution in [0.2, 0.25) is 0 Å². The van der Waals surface area contributed by atoms with Crippen molar-refractivity contribution in [1.29, 1.82) is 0 Å². The van der Waals surface area contributed by atoms with E-state index in [0.29, 0.717) is 0 Å². The van der Waals surface area contributed by atoms with E-state index in [4.69, 9.17) is 4.74 Å². The molecule has 0 aromatic heterocycles. The molecule has 0 aliphatic carbocycles. The van der Waals surface area contributed by atoms with E-state index in [1.54, 1.807) is 0 Å². The third kappa shape index (κ3) is 1.63. The second-order valence-electron chi connectivity index (χ2n) is 6.50. The molecule has 2 aliphatic rings. The van der Waals surface area contributed by atoms with Crippen LogP contribution in [0.25, 0.3) is 0 Å². The minimum Gasteiger partial charge on any atom is -0.355 e. The summed E-state index contributed by atoms with van der Waals surface area (Å²) in [7, 11) is 0. The second-order valence-corrected chi connectivity index (χ2v) is 6.50. The fraction of sp³-hybridized carbons (Fsp3) is 0.368. The van der Waals surface area contributed by atoms with Gasteiger partial charge < -0.3 is 9.64 Å². The van der Waals surface area contributed by atoms with E-state index < -0.39 is 0 Å². The standard InChI is InChI=1S/C19H21NO/c1-18-12-13-21-19(18,2)20(14-15-8-4-3-5-9-15)17-11-7-6-10-16(17)18/h3-11H,12-14H2,1-2H3/t18-,19-/m0/s1. The number of hydrogen-bond acceptors (Lipinski definition) is 2. The Morgan fingerprint density at radius 1 is 1.00 bits per heavy atom. The number of nitrogens with zero attached hydrogens (tertiary/aromatic N) is 1. The van der Waals surface area contributed by atoms with Gasteiger partial charge >= 0.3 is 0 Å². The van der Waals surface area contributed by atoms with Crippen LogP contribution in [0.3, 0.4) is 0 Å². The summed E-state index contributed by atoms with van der Waals surface area (Å²) in [4.78, 5) is 2.45. The molecule has 2 aliphatic heterocycles. The zero-order chi connectivity index (χ0) is 14.5. The quantitative estimate of drug-likeness (QED) is 0.820. The topological polar surface area (TPSA) is 12.5 Å². The first-order valence-electron chi connectivity index (χ1n) is 7.70. The Balaban J connectivity index is 1.82. The monoisotopic (exact) mass is 279 g/mol. The summed E-state index contributed by atoms with van der Waals surface area (Å²) in [5.74, 6) is 0. The molecule has 2 nitrogen and oxygen atoms in total. The number of hydrogen-bond donors (Lipinski definition) is 0. The minimum atomic E-state index is -0.244. The largest absolute Gasteiger partial charge is 0.355 e. The highest BCUT2D eigenvalue weighted by Gasteiger charge is 2.60. The Kier molecular flexibility index (Phi) is 2.67. The maximum atomic E-state index is 6.26. The predicted octanol–water partition coefficient (Wildman–Crippen LogP) is 4.10. The Morgan fingerprint density at radius 3 is 2.52 bits per heavy atom. The number of para-hydroxylation sites is 1. The summed E-state index contributed by atoms with van der Waals surface area (Å²) < 4.78 is 6.26. The van der Waals surface area contributed by atoms with Crippen molar-refractivity contribution in [3.63, 3.8) is 0 Å². The van der Waals surface area contributed by atoms with Crippen LogP contribution in [-0.4, -0.2) is 12.3 Å². The van der Waals surface area contributed by atoms with Crippen LogP contribution in [0, 0.1) is 0 Å². The number of benzene rings is 2. The number of rotatable bonds is 2. The first-order chi connectivity index (χ1) is 10.2. The molecule has 0 saturated carbocycles. The first kappa shape index (κ1) is 12.9. The van der Waals surface area contributed by atoms with Gasteiger partial charge in [0, 0.05) is 17.6 Å². The third-order valence-electron chi connectivity index (χ3n) is 5.50. The van der Waals surface area contributed by atoms with Crippen LogP contribution in [-0.2, 0) is 16.7 Å².